The van der Waals surface area contributed by atoms with Gasteiger partial charge in [-0.3, -0.25) is 4.68 Å². The molecule has 0 aliphatic heterocycles. The first-order valence-electron chi connectivity index (χ1n) is 6.23. The van der Waals surface area contributed by atoms with Crippen LogP contribution in [0.1, 0.15) is 0 Å². The van der Waals surface area contributed by atoms with Crippen LogP contribution in [-0.2, 0) is 17.1 Å². The summed E-state index contributed by atoms with van der Waals surface area (Å²) in [7, 11) is -0.354. The largest absolute Gasteiger partial charge is 0.492 e. The van der Waals surface area contributed by atoms with Gasteiger partial charge < -0.3 is 4.74 Å². The van der Waals surface area contributed by atoms with Gasteiger partial charge in [0.1, 0.15) is 17.3 Å². The summed E-state index contributed by atoms with van der Waals surface area (Å²) in [6.07, 6.45) is 2.79. The molecule has 114 valence electrons. The molecule has 1 aromatic carbocycles. The molecule has 0 fully saturated rings. The predicted molar refractivity (Wildman–Crippen MR) is 80.0 cm³/mol. The molecule has 0 bridgehead atoms. The van der Waals surface area contributed by atoms with Crippen molar-refractivity contribution in [3.8, 4) is 5.75 Å². The summed E-state index contributed by atoms with van der Waals surface area (Å²) in [5.41, 5.74) is 0. The van der Waals surface area contributed by atoms with Gasteiger partial charge in [0.15, 0.2) is 0 Å². The maximum absolute atomic E-state index is 12.2. The summed E-state index contributed by atoms with van der Waals surface area (Å²) in [6, 6.07) is 6.90. The molecule has 0 aliphatic rings. The van der Waals surface area contributed by atoms with Crippen molar-refractivity contribution in [1.82, 2.24) is 14.1 Å². The van der Waals surface area contributed by atoms with Crippen LogP contribution < -0.4 is 4.74 Å². The van der Waals surface area contributed by atoms with E-state index in [-0.39, 0.29) is 18.0 Å². The number of hydrogen-bond donors (Lipinski definition) is 0. The molecule has 0 N–H and O–H groups in total. The van der Waals surface area contributed by atoms with E-state index >= 15 is 0 Å². The van der Waals surface area contributed by atoms with Gasteiger partial charge in [-0.1, -0.05) is 11.6 Å². The summed E-state index contributed by atoms with van der Waals surface area (Å²) >= 11 is 5.77. The Labute approximate surface area is 128 Å². The number of aryl methyl sites for hydroxylation is 1. The lowest BCUT2D eigenvalue weighted by Gasteiger charge is -2.16. The number of likely N-dealkylation sites (N-methyl/N-ethyl adjacent to an activating group) is 1. The minimum atomic E-state index is -3.53. The number of halogens is 1. The van der Waals surface area contributed by atoms with E-state index in [0.29, 0.717) is 10.8 Å². The summed E-state index contributed by atoms with van der Waals surface area (Å²) in [6.45, 7) is 0.484. The second-order valence-electron chi connectivity index (χ2n) is 4.48. The van der Waals surface area contributed by atoms with Crippen molar-refractivity contribution in [2.45, 2.75) is 4.90 Å². The van der Waals surface area contributed by atoms with Gasteiger partial charge in [0.25, 0.3) is 0 Å². The highest BCUT2D eigenvalue weighted by Gasteiger charge is 2.22. The van der Waals surface area contributed by atoms with Gasteiger partial charge in [-0.15, -0.1) is 0 Å². The first kappa shape index (κ1) is 15.8. The van der Waals surface area contributed by atoms with Crippen LogP contribution in [-0.4, -0.2) is 42.7 Å². The summed E-state index contributed by atoms with van der Waals surface area (Å²) in [5.74, 6) is 0.645. The van der Waals surface area contributed by atoms with Gasteiger partial charge in [0, 0.05) is 31.9 Å². The van der Waals surface area contributed by atoms with Gasteiger partial charge in [0.05, 0.1) is 6.20 Å². The van der Waals surface area contributed by atoms with Crippen molar-refractivity contribution < 1.29 is 13.2 Å². The zero-order chi connectivity index (χ0) is 15.5. The van der Waals surface area contributed by atoms with E-state index in [0.717, 1.165) is 0 Å². The lowest BCUT2D eigenvalue weighted by atomic mass is 10.3. The third kappa shape index (κ3) is 3.96. The Kier molecular flexibility index (Phi) is 4.87. The van der Waals surface area contributed by atoms with Crippen LogP contribution >= 0.6 is 11.6 Å². The molecule has 0 saturated heterocycles. The van der Waals surface area contributed by atoms with Crippen LogP contribution in [0.15, 0.2) is 41.6 Å². The maximum atomic E-state index is 12.2. The van der Waals surface area contributed by atoms with E-state index in [1.807, 2.05) is 0 Å². The van der Waals surface area contributed by atoms with Crippen LogP contribution in [0.2, 0.25) is 5.02 Å². The van der Waals surface area contributed by atoms with Crippen LogP contribution in [0.3, 0.4) is 0 Å². The fourth-order valence-electron chi connectivity index (χ4n) is 1.65. The highest BCUT2D eigenvalue weighted by molar-refractivity contribution is 7.89. The van der Waals surface area contributed by atoms with Gasteiger partial charge in [0.2, 0.25) is 10.0 Å². The Balaban J connectivity index is 1.92. The quantitative estimate of drug-likeness (QED) is 0.810. The lowest BCUT2D eigenvalue weighted by molar-refractivity contribution is 0.287. The number of benzene rings is 1. The molecule has 6 nitrogen and oxygen atoms in total. The standard InChI is InChI=1S/C13H16ClN3O3S/c1-16-10-13(9-15-16)21(18,19)17(2)7-8-20-12-5-3-11(14)4-6-12/h3-6,9-10H,7-8H2,1-2H3. The van der Waals surface area contributed by atoms with Crippen LogP contribution in [0.4, 0.5) is 0 Å². The minimum Gasteiger partial charge on any atom is -0.492 e. The van der Waals surface area contributed by atoms with Crippen LogP contribution in [0, 0.1) is 0 Å². The average Bonchev–Trinajstić information content (AvgIpc) is 2.88. The molecule has 2 aromatic rings. The topological polar surface area (TPSA) is 64.4 Å². The molecule has 2 rings (SSSR count). The molecular weight excluding hydrogens is 314 g/mol. The Morgan fingerprint density at radius 2 is 2.00 bits per heavy atom. The zero-order valence-electron chi connectivity index (χ0n) is 11.7. The van der Waals surface area contributed by atoms with E-state index in [9.17, 15) is 8.42 Å². The molecular formula is C13H16ClN3O3S. The third-order valence-electron chi connectivity index (χ3n) is 2.88. The number of nitrogens with zero attached hydrogens (tertiary/aromatic N) is 3. The maximum Gasteiger partial charge on any atom is 0.246 e. The van der Waals surface area contributed by atoms with Crippen LogP contribution in [0.5, 0.6) is 5.75 Å². The smallest absolute Gasteiger partial charge is 0.246 e. The lowest BCUT2D eigenvalue weighted by Crippen LogP contribution is -2.30. The van der Waals surface area contributed by atoms with Crippen molar-refractivity contribution >= 4 is 21.6 Å². The Morgan fingerprint density at radius 3 is 2.57 bits per heavy atom. The number of ether oxygens (including phenoxy) is 1. The molecule has 0 saturated carbocycles. The van der Waals surface area contributed by atoms with Gasteiger partial charge in [-0.05, 0) is 24.3 Å². The molecule has 0 spiro atoms. The highest BCUT2D eigenvalue weighted by atomic mass is 35.5. The van der Waals surface area contributed by atoms with Crippen molar-refractivity contribution in [3.05, 3.63) is 41.7 Å². The predicted octanol–water partition coefficient (Wildman–Crippen LogP) is 1.77. The Morgan fingerprint density at radius 1 is 1.33 bits per heavy atom. The van der Waals surface area contributed by atoms with E-state index in [1.165, 1.54) is 28.4 Å². The number of rotatable bonds is 6. The monoisotopic (exact) mass is 329 g/mol. The van der Waals surface area contributed by atoms with E-state index in [4.69, 9.17) is 16.3 Å². The Hall–Kier alpha value is -1.57. The fourth-order valence-corrected chi connectivity index (χ4v) is 2.92. The highest BCUT2D eigenvalue weighted by Crippen LogP contribution is 2.16. The molecule has 0 atom stereocenters. The van der Waals surface area contributed by atoms with Gasteiger partial charge in [-0.2, -0.15) is 9.40 Å². The average molecular weight is 330 g/mol. The zero-order valence-corrected chi connectivity index (χ0v) is 13.3. The van der Waals surface area contributed by atoms with E-state index in [2.05, 4.69) is 5.10 Å². The van der Waals surface area contributed by atoms with Crippen molar-refractivity contribution in [1.29, 1.82) is 0 Å². The Bertz CT molecular complexity index is 698. The van der Waals surface area contributed by atoms with Crippen molar-refractivity contribution in [3.63, 3.8) is 0 Å². The minimum absolute atomic E-state index is 0.166. The molecule has 1 aromatic heterocycles. The molecule has 0 amide bonds. The molecule has 1 heterocycles. The summed E-state index contributed by atoms with van der Waals surface area (Å²) < 4.78 is 32.6. The van der Waals surface area contributed by atoms with Crippen molar-refractivity contribution in [2.75, 3.05) is 20.2 Å². The molecule has 0 unspecified atom stereocenters. The molecule has 21 heavy (non-hydrogen) atoms. The molecule has 0 radical (unpaired) electrons. The van der Waals surface area contributed by atoms with Crippen molar-refractivity contribution in [2.24, 2.45) is 7.05 Å². The van der Waals surface area contributed by atoms with Gasteiger partial charge in [-0.25, -0.2) is 8.42 Å². The number of aromatic nitrogens is 2. The fraction of sp³-hybridized carbons (Fsp3) is 0.308. The number of hydrogen-bond acceptors (Lipinski definition) is 4. The van der Waals surface area contributed by atoms with Gasteiger partial charge >= 0.3 is 0 Å². The second kappa shape index (κ2) is 6.46. The SMILES string of the molecule is CN(CCOc1ccc(Cl)cc1)S(=O)(=O)c1cnn(C)c1. The first-order valence-corrected chi connectivity index (χ1v) is 8.05. The first-order chi connectivity index (χ1) is 9.89. The second-order valence-corrected chi connectivity index (χ2v) is 6.96. The third-order valence-corrected chi connectivity index (χ3v) is 4.94. The number of sulfonamides is 1. The molecule has 0 aliphatic carbocycles. The van der Waals surface area contributed by atoms with E-state index in [1.54, 1.807) is 31.3 Å². The normalized spacial score (nSPS) is 11.8. The van der Waals surface area contributed by atoms with Crippen LogP contribution in [0.25, 0.3) is 0 Å². The molecule has 8 heteroatoms. The summed E-state index contributed by atoms with van der Waals surface area (Å²) in [5, 5.41) is 4.49. The summed E-state index contributed by atoms with van der Waals surface area (Å²) in [4.78, 5) is 0.166. The van der Waals surface area contributed by atoms with E-state index < -0.39 is 10.0 Å².